The number of pyridine rings is 1. The predicted octanol–water partition coefficient (Wildman–Crippen LogP) is 4.04. The van der Waals surface area contributed by atoms with Crippen LogP contribution in [0, 0.1) is 5.82 Å². The molecule has 4 nitrogen and oxygen atoms in total. The number of nitrogens with one attached hydrogen (secondary N) is 2. The van der Waals surface area contributed by atoms with Crippen LogP contribution in [0.15, 0.2) is 60.9 Å². The molecule has 0 saturated carbocycles. The Morgan fingerprint density at radius 3 is 2.88 bits per heavy atom. The van der Waals surface area contributed by atoms with Crippen molar-refractivity contribution < 1.29 is 9.18 Å². The number of hydrogen-bond donors (Lipinski definition) is 2. The summed E-state index contributed by atoms with van der Waals surface area (Å²) in [5.74, 6) is -0.541. The average Bonchev–Trinajstić information content (AvgIpc) is 2.99. The first-order chi connectivity index (χ1) is 11.7. The van der Waals surface area contributed by atoms with Crippen LogP contribution in [0.5, 0.6) is 0 Å². The molecule has 0 atom stereocenters. The van der Waals surface area contributed by atoms with Gasteiger partial charge in [-0.2, -0.15) is 0 Å². The second kappa shape index (κ2) is 5.77. The van der Waals surface area contributed by atoms with Gasteiger partial charge in [0, 0.05) is 28.7 Å². The molecule has 0 bridgehead atoms. The zero-order valence-electron chi connectivity index (χ0n) is 12.7. The summed E-state index contributed by atoms with van der Waals surface area (Å²) in [5.41, 5.74) is 2.70. The van der Waals surface area contributed by atoms with E-state index in [4.69, 9.17) is 0 Å². The number of carbonyl (C=O) groups excluding carboxylic acids is 1. The monoisotopic (exact) mass is 319 g/mol. The smallest absolute Gasteiger partial charge is 0.228 e. The maximum atomic E-state index is 14.0. The zero-order valence-corrected chi connectivity index (χ0v) is 12.7. The number of fused-ring (bicyclic) bond motifs is 2. The Kier molecular flexibility index (Phi) is 3.46. The number of amides is 1. The molecular formula is C19H14FN3O. The van der Waals surface area contributed by atoms with Gasteiger partial charge in [0.1, 0.15) is 5.82 Å². The summed E-state index contributed by atoms with van der Waals surface area (Å²) in [4.78, 5) is 19.7. The van der Waals surface area contributed by atoms with Crippen molar-refractivity contribution in [3.05, 3.63) is 72.3 Å². The van der Waals surface area contributed by atoms with Crippen molar-refractivity contribution in [2.45, 2.75) is 6.42 Å². The number of para-hydroxylation sites is 1. The van der Waals surface area contributed by atoms with E-state index in [1.165, 1.54) is 6.07 Å². The summed E-state index contributed by atoms with van der Waals surface area (Å²) in [6, 6.07) is 14.2. The Bertz CT molecular complexity index is 1050. The molecule has 4 rings (SSSR count). The summed E-state index contributed by atoms with van der Waals surface area (Å²) in [6.07, 6.45) is 3.45. The number of H-pyrrole nitrogens is 1. The number of benzene rings is 2. The van der Waals surface area contributed by atoms with E-state index in [1.54, 1.807) is 24.5 Å². The van der Waals surface area contributed by atoms with Crippen molar-refractivity contribution in [1.29, 1.82) is 0 Å². The summed E-state index contributed by atoms with van der Waals surface area (Å²) in [6.45, 7) is 0. The lowest BCUT2D eigenvalue weighted by atomic mass is 10.1. The van der Waals surface area contributed by atoms with Gasteiger partial charge in [0.15, 0.2) is 0 Å². The molecule has 24 heavy (non-hydrogen) atoms. The molecule has 0 radical (unpaired) electrons. The van der Waals surface area contributed by atoms with Crippen LogP contribution >= 0.6 is 0 Å². The maximum Gasteiger partial charge on any atom is 0.228 e. The van der Waals surface area contributed by atoms with E-state index < -0.39 is 0 Å². The highest BCUT2D eigenvalue weighted by Gasteiger charge is 2.13. The van der Waals surface area contributed by atoms with Crippen LogP contribution in [-0.2, 0) is 11.2 Å². The lowest BCUT2D eigenvalue weighted by molar-refractivity contribution is -0.115. The van der Waals surface area contributed by atoms with Crippen LogP contribution in [0.1, 0.15) is 5.56 Å². The molecule has 0 spiro atoms. The Balaban J connectivity index is 1.62. The van der Waals surface area contributed by atoms with Gasteiger partial charge in [-0.15, -0.1) is 0 Å². The average molecular weight is 319 g/mol. The lowest BCUT2D eigenvalue weighted by Gasteiger charge is -2.07. The number of hydrogen-bond acceptors (Lipinski definition) is 2. The topological polar surface area (TPSA) is 57.8 Å². The highest BCUT2D eigenvalue weighted by molar-refractivity contribution is 6.02. The molecule has 5 heteroatoms. The van der Waals surface area contributed by atoms with Gasteiger partial charge in [-0.3, -0.25) is 9.78 Å². The minimum absolute atomic E-state index is 0.0875. The van der Waals surface area contributed by atoms with Gasteiger partial charge >= 0.3 is 0 Å². The first-order valence-corrected chi connectivity index (χ1v) is 7.60. The molecule has 2 aromatic carbocycles. The van der Waals surface area contributed by atoms with Gasteiger partial charge in [-0.1, -0.05) is 24.3 Å². The van der Waals surface area contributed by atoms with E-state index in [9.17, 15) is 9.18 Å². The van der Waals surface area contributed by atoms with Gasteiger partial charge in [-0.25, -0.2) is 4.39 Å². The summed E-state index contributed by atoms with van der Waals surface area (Å²) >= 11 is 0. The predicted molar refractivity (Wildman–Crippen MR) is 92.3 cm³/mol. The molecule has 0 fully saturated rings. The third kappa shape index (κ3) is 2.50. The van der Waals surface area contributed by atoms with E-state index in [1.807, 2.05) is 30.3 Å². The van der Waals surface area contributed by atoms with Crippen LogP contribution < -0.4 is 5.32 Å². The second-order valence-electron chi connectivity index (χ2n) is 5.58. The third-order valence-corrected chi connectivity index (χ3v) is 3.99. The van der Waals surface area contributed by atoms with Crippen LogP contribution in [0.2, 0.25) is 0 Å². The normalized spacial score (nSPS) is 11.0. The minimum Gasteiger partial charge on any atom is -0.361 e. The first-order valence-electron chi connectivity index (χ1n) is 7.60. The SMILES string of the molecule is O=C(Cc1c[nH]c2cccc(F)c12)Nc1cccc2cccnc12. The number of nitrogens with zero attached hydrogens (tertiary/aromatic N) is 1. The summed E-state index contributed by atoms with van der Waals surface area (Å²) in [7, 11) is 0. The molecule has 1 amide bonds. The van der Waals surface area contributed by atoms with E-state index >= 15 is 0 Å². The van der Waals surface area contributed by atoms with Gasteiger partial charge < -0.3 is 10.3 Å². The minimum atomic E-state index is -0.330. The summed E-state index contributed by atoms with van der Waals surface area (Å²) < 4.78 is 14.0. The first kappa shape index (κ1) is 14.4. The largest absolute Gasteiger partial charge is 0.361 e. The van der Waals surface area contributed by atoms with Gasteiger partial charge in [0.2, 0.25) is 5.91 Å². The fourth-order valence-corrected chi connectivity index (χ4v) is 2.92. The zero-order chi connectivity index (χ0) is 16.5. The van der Waals surface area contributed by atoms with Crippen molar-refractivity contribution in [2.75, 3.05) is 5.32 Å². The molecule has 118 valence electrons. The molecule has 0 aliphatic carbocycles. The number of aromatic nitrogens is 2. The number of rotatable bonds is 3. The van der Waals surface area contributed by atoms with Gasteiger partial charge in [0.05, 0.1) is 17.6 Å². The summed E-state index contributed by atoms with van der Waals surface area (Å²) in [5, 5.41) is 4.28. The molecule has 4 aromatic rings. The van der Waals surface area contributed by atoms with Crippen LogP contribution in [0.25, 0.3) is 21.8 Å². The molecule has 0 aliphatic rings. The number of anilines is 1. The standard InChI is InChI=1S/C19H14FN3O/c20-14-6-2-7-15-18(14)13(11-22-15)10-17(24)23-16-8-1-4-12-5-3-9-21-19(12)16/h1-9,11,22H,10H2,(H,23,24). The highest BCUT2D eigenvalue weighted by Crippen LogP contribution is 2.24. The molecule has 0 saturated heterocycles. The molecule has 0 aliphatic heterocycles. The molecule has 0 unspecified atom stereocenters. The Labute approximate surface area is 137 Å². The molecule has 2 heterocycles. The Morgan fingerprint density at radius 1 is 1.12 bits per heavy atom. The number of aromatic amines is 1. The van der Waals surface area contributed by atoms with E-state index in [0.29, 0.717) is 22.2 Å². The fourth-order valence-electron chi connectivity index (χ4n) is 2.92. The Hall–Kier alpha value is -3.21. The van der Waals surface area contributed by atoms with Crippen molar-refractivity contribution in [1.82, 2.24) is 9.97 Å². The third-order valence-electron chi connectivity index (χ3n) is 3.99. The fraction of sp³-hybridized carbons (Fsp3) is 0.0526. The number of carbonyl (C=O) groups is 1. The molecule has 2 aromatic heterocycles. The van der Waals surface area contributed by atoms with Crippen molar-refractivity contribution >= 4 is 33.4 Å². The second-order valence-corrected chi connectivity index (χ2v) is 5.58. The van der Waals surface area contributed by atoms with Crippen LogP contribution in [0.4, 0.5) is 10.1 Å². The van der Waals surface area contributed by atoms with Gasteiger partial charge in [-0.05, 0) is 29.8 Å². The van der Waals surface area contributed by atoms with Crippen LogP contribution in [0.3, 0.4) is 0 Å². The maximum absolute atomic E-state index is 14.0. The van der Waals surface area contributed by atoms with E-state index in [0.717, 1.165) is 10.9 Å². The van der Waals surface area contributed by atoms with Crippen molar-refractivity contribution in [3.8, 4) is 0 Å². The van der Waals surface area contributed by atoms with Crippen molar-refractivity contribution in [3.63, 3.8) is 0 Å². The molecule has 2 N–H and O–H groups in total. The van der Waals surface area contributed by atoms with Crippen molar-refractivity contribution in [2.24, 2.45) is 0 Å². The van der Waals surface area contributed by atoms with E-state index in [-0.39, 0.29) is 18.1 Å². The number of halogens is 1. The highest BCUT2D eigenvalue weighted by atomic mass is 19.1. The quantitative estimate of drug-likeness (QED) is 0.599. The Morgan fingerprint density at radius 2 is 1.96 bits per heavy atom. The lowest BCUT2D eigenvalue weighted by Crippen LogP contribution is -2.14. The van der Waals surface area contributed by atoms with E-state index in [2.05, 4.69) is 15.3 Å². The van der Waals surface area contributed by atoms with Gasteiger partial charge in [0.25, 0.3) is 0 Å². The molecular weight excluding hydrogens is 305 g/mol. The van der Waals surface area contributed by atoms with Crippen LogP contribution in [-0.4, -0.2) is 15.9 Å².